The van der Waals surface area contributed by atoms with Crippen LogP contribution in [0, 0.1) is 0 Å². The molecule has 0 atom stereocenters. The summed E-state index contributed by atoms with van der Waals surface area (Å²) in [6.07, 6.45) is 3.74. The van der Waals surface area contributed by atoms with Gasteiger partial charge in [-0.05, 0) is 64.9 Å². The highest BCUT2D eigenvalue weighted by Gasteiger charge is 2.37. The van der Waals surface area contributed by atoms with E-state index in [0.29, 0.717) is 13.2 Å². The van der Waals surface area contributed by atoms with Crippen molar-refractivity contribution in [2.45, 2.75) is 45.8 Å². The molecule has 0 fully saturated rings. The number of benzene rings is 1. The van der Waals surface area contributed by atoms with E-state index in [4.69, 9.17) is 13.9 Å². The van der Waals surface area contributed by atoms with E-state index in [1.807, 2.05) is 42.5 Å². The molecule has 2 aromatic rings. The summed E-state index contributed by atoms with van der Waals surface area (Å²) in [5.74, 6) is 1.46. The number of hydrogen-bond acceptors (Lipinski definition) is 4. The average Bonchev–Trinajstić information content (AvgIpc) is 2.68. The number of nitrogens with zero attached hydrogens (tertiary/aromatic N) is 1. The minimum Gasteiger partial charge on any atom is -0.493 e. The molecule has 0 spiro atoms. The van der Waals surface area contributed by atoms with Gasteiger partial charge in [-0.1, -0.05) is 42.8 Å². The Bertz CT molecular complexity index is 859. The lowest BCUT2D eigenvalue weighted by Crippen LogP contribution is -2.41. The number of pyridine rings is 1. The van der Waals surface area contributed by atoms with Gasteiger partial charge in [-0.25, -0.2) is 0 Å². The second-order valence-corrected chi connectivity index (χ2v) is 13.7. The lowest BCUT2D eigenvalue weighted by Gasteiger charge is -2.36. The van der Waals surface area contributed by atoms with Gasteiger partial charge < -0.3 is 13.9 Å². The van der Waals surface area contributed by atoms with Crippen LogP contribution in [0.15, 0.2) is 41.6 Å². The maximum Gasteiger partial charge on any atom is 0.192 e. The number of aromatic nitrogens is 1. The molecule has 6 heteroatoms. The molecule has 0 amide bonds. The molecule has 0 aliphatic heterocycles. The zero-order chi connectivity index (χ0) is 21.7. The van der Waals surface area contributed by atoms with Crippen LogP contribution in [0.2, 0.25) is 18.1 Å². The zero-order valence-electron chi connectivity index (χ0n) is 18.5. The first-order valence-electron chi connectivity index (χ1n) is 9.82. The highest BCUT2D eigenvalue weighted by atomic mass is 79.9. The fourth-order valence-electron chi connectivity index (χ4n) is 2.55. The number of rotatable bonds is 8. The molecule has 0 N–H and O–H groups in total. The molecular weight excluding hydrogens is 446 g/mol. The molecule has 0 aliphatic rings. The third-order valence-corrected chi connectivity index (χ3v) is 10.5. The van der Waals surface area contributed by atoms with Crippen LogP contribution >= 0.6 is 15.9 Å². The van der Waals surface area contributed by atoms with E-state index in [1.165, 1.54) is 0 Å². The fourth-order valence-corrected chi connectivity index (χ4v) is 3.90. The summed E-state index contributed by atoms with van der Waals surface area (Å²) >= 11 is 3.51. The van der Waals surface area contributed by atoms with Crippen LogP contribution in [0.5, 0.6) is 11.5 Å². The minimum absolute atomic E-state index is 0.170. The Morgan fingerprint density at radius 1 is 1.10 bits per heavy atom. The fraction of sp³-hybridized carbons (Fsp3) is 0.435. The highest BCUT2D eigenvalue weighted by molar-refractivity contribution is 9.11. The van der Waals surface area contributed by atoms with Gasteiger partial charge >= 0.3 is 0 Å². The van der Waals surface area contributed by atoms with Crippen molar-refractivity contribution in [3.8, 4) is 22.6 Å². The van der Waals surface area contributed by atoms with E-state index in [9.17, 15) is 0 Å². The van der Waals surface area contributed by atoms with Crippen LogP contribution in [-0.2, 0) is 4.43 Å². The Hall–Kier alpha value is -1.63. The Morgan fingerprint density at radius 3 is 2.41 bits per heavy atom. The monoisotopic (exact) mass is 477 g/mol. The van der Waals surface area contributed by atoms with Crippen molar-refractivity contribution in [2.24, 2.45) is 0 Å². The van der Waals surface area contributed by atoms with Gasteiger partial charge in [0.2, 0.25) is 0 Å². The first-order chi connectivity index (χ1) is 13.6. The van der Waals surface area contributed by atoms with Gasteiger partial charge in [-0.2, -0.15) is 0 Å². The lowest BCUT2D eigenvalue weighted by molar-refractivity contribution is 0.311. The van der Waals surface area contributed by atoms with Gasteiger partial charge in [0.15, 0.2) is 19.8 Å². The molecule has 29 heavy (non-hydrogen) atoms. The van der Waals surface area contributed by atoms with Crippen LogP contribution < -0.4 is 9.47 Å². The van der Waals surface area contributed by atoms with Crippen LogP contribution in [-0.4, -0.2) is 33.6 Å². The summed E-state index contributed by atoms with van der Waals surface area (Å²) in [5.41, 5.74) is 4.16. The smallest absolute Gasteiger partial charge is 0.192 e. The van der Waals surface area contributed by atoms with E-state index in [-0.39, 0.29) is 5.04 Å². The molecule has 158 valence electrons. The number of methoxy groups -OCH3 is 1. The quantitative estimate of drug-likeness (QED) is 0.387. The van der Waals surface area contributed by atoms with Crippen molar-refractivity contribution in [1.29, 1.82) is 0 Å². The van der Waals surface area contributed by atoms with Crippen LogP contribution in [0.4, 0.5) is 0 Å². The van der Waals surface area contributed by atoms with Crippen LogP contribution in [0.3, 0.4) is 0 Å². The van der Waals surface area contributed by atoms with Crippen LogP contribution in [0.1, 0.15) is 33.3 Å². The number of halogens is 1. The summed E-state index contributed by atoms with van der Waals surface area (Å²) in [7, 11) is -0.186. The third kappa shape index (κ3) is 5.93. The minimum atomic E-state index is -1.83. The molecule has 0 radical (unpaired) electrons. The van der Waals surface area contributed by atoms with Gasteiger partial charge in [0, 0.05) is 18.0 Å². The van der Waals surface area contributed by atoms with Crippen molar-refractivity contribution >= 4 is 29.8 Å². The second-order valence-electron chi connectivity index (χ2n) is 8.44. The summed E-state index contributed by atoms with van der Waals surface area (Å²) in [6.45, 7) is 14.4. The lowest BCUT2D eigenvalue weighted by atomic mass is 10.0. The zero-order valence-corrected chi connectivity index (χ0v) is 21.1. The molecule has 2 rings (SSSR count). The van der Waals surface area contributed by atoms with Gasteiger partial charge in [-0.3, -0.25) is 4.98 Å². The Morgan fingerprint density at radius 2 is 1.83 bits per heavy atom. The topological polar surface area (TPSA) is 40.6 Å². The van der Waals surface area contributed by atoms with E-state index in [0.717, 1.165) is 33.8 Å². The second kappa shape index (κ2) is 9.91. The molecule has 0 saturated carbocycles. The summed E-state index contributed by atoms with van der Waals surface area (Å²) in [4.78, 5) is 6.39. The Labute approximate surface area is 184 Å². The molecule has 4 nitrogen and oxygen atoms in total. The Kier molecular flexibility index (Phi) is 8.08. The van der Waals surface area contributed by atoms with Gasteiger partial charge in [0.05, 0.1) is 20.3 Å². The highest BCUT2D eigenvalue weighted by Crippen LogP contribution is 2.38. The predicted molar refractivity (Wildman–Crippen MR) is 127 cm³/mol. The third-order valence-electron chi connectivity index (χ3n) is 5.43. The first kappa shape index (κ1) is 23.6. The van der Waals surface area contributed by atoms with Crippen molar-refractivity contribution in [2.75, 3.05) is 20.3 Å². The van der Waals surface area contributed by atoms with Gasteiger partial charge in [0.1, 0.15) is 0 Å². The number of hydrogen-bond donors (Lipinski definition) is 0. The molecule has 1 heterocycles. The van der Waals surface area contributed by atoms with Gasteiger partial charge in [-0.15, -0.1) is 0 Å². The molecule has 0 unspecified atom stereocenters. The molecule has 1 aromatic heterocycles. The normalized spacial score (nSPS) is 12.8. The predicted octanol–water partition coefficient (Wildman–Crippen LogP) is 6.91. The molecule has 0 bridgehead atoms. The standard InChI is InChI=1S/C23H32BrNO3Si/c1-8-27-22-12-17(9-10-21(22)26-5)18-11-19(15-25-14-18)20(13-24)16-28-29(6,7)23(2,3)4/h9-15H,8,16H2,1-7H3/b20-13+. The van der Waals surface area contributed by atoms with Crippen molar-refractivity contribution in [1.82, 2.24) is 4.98 Å². The van der Waals surface area contributed by atoms with Crippen molar-refractivity contribution in [3.05, 3.63) is 47.2 Å². The average molecular weight is 479 g/mol. The van der Waals surface area contributed by atoms with Crippen molar-refractivity contribution in [3.63, 3.8) is 0 Å². The van der Waals surface area contributed by atoms with E-state index in [1.54, 1.807) is 7.11 Å². The van der Waals surface area contributed by atoms with Crippen LogP contribution in [0.25, 0.3) is 16.7 Å². The van der Waals surface area contributed by atoms with E-state index >= 15 is 0 Å². The maximum atomic E-state index is 6.40. The van der Waals surface area contributed by atoms with Crippen molar-refractivity contribution < 1.29 is 13.9 Å². The summed E-state index contributed by atoms with van der Waals surface area (Å²) in [6, 6.07) is 8.07. The summed E-state index contributed by atoms with van der Waals surface area (Å²) < 4.78 is 17.5. The SMILES string of the molecule is CCOc1cc(-c2cncc(/C(=C/Br)CO[Si](C)(C)C(C)(C)C)c2)ccc1OC. The molecule has 1 aromatic carbocycles. The van der Waals surface area contributed by atoms with Gasteiger partial charge in [0.25, 0.3) is 0 Å². The molecular formula is C23H32BrNO3Si. The first-order valence-corrected chi connectivity index (χ1v) is 13.6. The van der Waals surface area contributed by atoms with E-state index in [2.05, 4.69) is 60.8 Å². The molecule has 0 aliphatic carbocycles. The Balaban J connectivity index is 2.29. The number of ether oxygens (including phenoxy) is 2. The molecule has 0 saturated heterocycles. The largest absolute Gasteiger partial charge is 0.493 e. The maximum absolute atomic E-state index is 6.40. The summed E-state index contributed by atoms with van der Waals surface area (Å²) in [5, 5.41) is 0.170. The van der Waals surface area contributed by atoms with E-state index < -0.39 is 8.32 Å².